The molecule has 11 heteroatoms. The number of aromatic nitrogens is 4. The summed E-state index contributed by atoms with van der Waals surface area (Å²) in [5, 5.41) is 26.4. The molecule has 2 fully saturated rings. The highest BCUT2D eigenvalue weighted by molar-refractivity contribution is 7.99. The second-order valence-corrected chi connectivity index (χ2v) is 12.5. The number of aliphatic imine (C=N–C) groups is 1. The third kappa shape index (κ3) is 6.76. The number of amidine groups is 1. The number of aliphatic hydroxyl groups is 1. The predicted molar refractivity (Wildman–Crippen MR) is 171 cm³/mol. The summed E-state index contributed by atoms with van der Waals surface area (Å²) in [6.07, 6.45) is 11.2. The number of halogens is 1. The zero-order valence-corrected chi connectivity index (χ0v) is 26.1. The molecule has 1 aromatic carbocycles. The minimum Gasteiger partial charge on any atom is -0.393 e. The average Bonchev–Trinajstić information content (AvgIpc) is 3.49. The third-order valence-electron chi connectivity index (χ3n) is 7.93. The fourth-order valence-corrected chi connectivity index (χ4v) is 6.40. The van der Waals surface area contributed by atoms with E-state index < -0.39 is 0 Å². The summed E-state index contributed by atoms with van der Waals surface area (Å²) >= 11 is 1.51. The summed E-state index contributed by atoms with van der Waals surface area (Å²) in [4.78, 5) is 7.70. The minimum atomic E-state index is -0.298. The second kappa shape index (κ2) is 12.5. The quantitative estimate of drug-likeness (QED) is 0.0917. The molecule has 3 N–H and O–H groups in total. The molecule has 3 aromatic rings. The Balaban J connectivity index is 1.52. The smallest absolute Gasteiger partial charge is 0.153 e. The average molecular weight is 596 g/mol. The van der Waals surface area contributed by atoms with E-state index in [2.05, 4.69) is 42.6 Å². The van der Waals surface area contributed by atoms with E-state index in [9.17, 15) is 5.11 Å². The van der Waals surface area contributed by atoms with Crippen LogP contribution >= 0.6 is 21.0 Å². The fraction of sp³-hybridized carbons (Fsp3) is 0.433. The molecule has 2 aliphatic rings. The van der Waals surface area contributed by atoms with Crippen molar-refractivity contribution in [2.75, 3.05) is 23.5 Å². The standard InChI is InChI=1S/C30H39FN7OPS/c1-17-12-28(36-35-17)34-30(33-19(3)37(4)25-14-26(40)27(41-5)13-24(25)31)29(20-6-7-20)18(2)21-15-32-38(16-21)22-8-10-23(39)11-9-22/h12-16,20,22-23,39H,2,6-11,40H2,1,3-5H3,(H2,34,35,36)/b30-29-,33-19+. The molecule has 0 saturated heterocycles. The van der Waals surface area contributed by atoms with Gasteiger partial charge in [0.2, 0.25) is 0 Å². The summed E-state index contributed by atoms with van der Waals surface area (Å²) < 4.78 is 17.2. The van der Waals surface area contributed by atoms with E-state index in [1.807, 2.05) is 50.2 Å². The van der Waals surface area contributed by atoms with E-state index in [1.54, 1.807) is 11.0 Å². The van der Waals surface area contributed by atoms with E-state index in [4.69, 9.17) is 4.99 Å². The van der Waals surface area contributed by atoms with E-state index in [0.717, 1.165) is 71.1 Å². The van der Waals surface area contributed by atoms with Crippen LogP contribution < -0.4 is 15.5 Å². The number of allylic oxidation sites excluding steroid dienone is 2. The maximum absolute atomic E-state index is 15.1. The molecular weight excluding hydrogens is 556 g/mol. The van der Waals surface area contributed by atoms with Crippen molar-refractivity contribution in [2.24, 2.45) is 10.9 Å². The number of hydrogen-bond acceptors (Lipinski definition) is 6. The third-order valence-corrected chi connectivity index (χ3v) is 9.41. The normalized spacial score (nSPS) is 20.1. The van der Waals surface area contributed by atoms with Gasteiger partial charge in [-0.15, -0.1) is 21.0 Å². The molecule has 5 rings (SSSR count). The number of aryl methyl sites for hydroxylation is 1. The van der Waals surface area contributed by atoms with Crippen LogP contribution in [-0.2, 0) is 0 Å². The number of hydrogen-bond donors (Lipinski definition) is 3. The number of aliphatic hydroxyl groups excluding tert-OH is 1. The number of nitrogens with one attached hydrogen (secondary N) is 2. The van der Waals surface area contributed by atoms with Gasteiger partial charge < -0.3 is 15.3 Å². The number of H-pyrrole nitrogens is 1. The van der Waals surface area contributed by atoms with Crippen LogP contribution in [0.4, 0.5) is 15.9 Å². The first-order valence-electron chi connectivity index (χ1n) is 14.0. The van der Waals surface area contributed by atoms with Gasteiger partial charge >= 0.3 is 0 Å². The Morgan fingerprint density at radius 1 is 1.24 bits per heavy atom. The van der Waals surface area contributed by atoms with Crippen LogP contribution in [0.2, 0.25) is 0 Å². The first-order valence-corrected chi connectivity index (χ1v) is 15.8. The molecular formula is C30H39FN7OPS. The summed E-state index contributed by atoms with van der Waals surface area (Å²) in [5.41, 5.74) is 4.21. The molecule has 2 heterocycles. The van der Waals surface area contributed by atoms with Crippen molar-refractivity contribution < 1.29 is 9.50 Å². The van der Waals surface area contributed by atoms with Crippen molar-refractivity contribution in [3.63, 3.8) is 0 Å². The van der Waals surface area contributed by atoms with E-state index in [1.165, 1.54) is 11.8 Å². The van der Waals surface area contributed by atoms with Crippen molar-refractivity contribution >= 4 is 49.2 Å². The summed E-state index contributed by atoms with van der Waals surface area (Å²) in [6.45, 7) is 8.34. The maximum Gasteiger partial charge on any atom is 0.153 e. The van der Waals surface area contributed by atoms with Gasteiger partial charge in [-0.3, -0.25) is 9.78 Å². The Kier molecular flexibility index (Phi) is 9.02. The molecule has 1 atom stereocenters. The van der Waals surface area contributed by atoms with Gasteiger partial charge in [-0.25, -0.2) is 9.38 Å². The van der Waals surface area contributed by atoms with Gasteiger partial charge in [0, 0.05) is 41.0 Å². The van der Waals surface area contributed by atoms with Crippen LogP contribution in [0.1, 0.15) is 62.7 Å². The molecule has 218 valence electrons. The number of benzene rings is 1. The molecule has 8 nitrogen and oxygen atoms in total. The van der Waals surface area contributed by atoms with Gasteiger partial charge in [0.05, 0.1) is 24.0 Å². The predicted octanol–water partition coefficient (Wildman–Crippen LogP) is 6.05. The van der Waals surface area contributed by atoms with Crippen LogP contribution in [0, 0.1) is 18.7 Å². The van der Waals surface area contributed by atoms with Crippen LogP contribution in [-0.4, -0.2) is 50.3 Å². The lowest BCUT2D eigenvalue weighted by atomic mass is 9.93. The van der Waals surface area contributed by atoms with Crippen LogP contribution in [0.15, 0.2) is 58.5 Å². The SMILES string of the molecule is C=C(/C(=C(\N=C(/C)N(C)c1cc(P)c(SC)cc1F)Nc1cc(C)[nH]n1)C1CC1)c1cnn(C2CCC(O)CC2)c1. The van der Waals surface area contributed by atoms with Crippen molar-refractivity contribution in [3.05, 3.63) is 65.6 Å². The zero-order valence-electron chi connectivity index (χ0n) is 24.1. The molecule has 2 aromatic heterocycles. The van der Waals surface area contributed by atoms with Gasteiger partial charge in [0.25, 0.3) is 0 Å². The molecule has 41 heavy (non-hydrogen) atoms. The lowest BCUT2D eigenvalue weighted by Crippen LogP contribution is -2.26. The Labute approximate surface area is 247 Å². The minimum absolute atomic E-state index is 0.209. The summed E-state index contributed by atoms with van der Waals surface area (Å²) in [7, 11) is 4.52. The van der Waals surface area contributed by atoms with Crippen molar-refractivity contribution in [1.82, 2.24) is 20.0 Å². The maximum atomic E-state index is 15.1. The monoisotopic (exact) mass is 595 g/mol. The number of nitrogens with zero attached hydrogens (tertiary/aromatic N) is 5. The lowest BCUT2D eigenvalue weighted by Gasteiger charge is -2.25. The van der Waals surface area contributed by atoms with Crippen LogP contribution in [0.25, 0.3) is 5.57 Å². The largest absolute Gasteiger partial charge is 0.393 e. The first-order chi connectivity index (χ1) is 19.6. The van der Waals surface area contributed by atoms with E-state index in [-0.39, 0.29) is 18.0 Å². The highest BCUT2D eigenvalue weighted by atomic mass is 32.2. The Hall–Kier alpha value is -2.94. The number of aromatic amines is 1. The van der Waals surface area contributed by atoms with Gasteiger partial charge in [-0.05, 0) is 87.6 Å². The summed E-state index contributed by atoms with van der Waals surface area (Å²) in [5.74, 6) is 1.93. The first kappa shape index (κ1) is 29.5. The van der Waals surface area contributed by atoms with Crippen molar-refractivity contribution in [2.45, 2.75) is 69.4 Å². The Bertz CT molecular complexity index is 1480. The van der Waals surface area contributed by atoms with Crippen LogP contribution in [0.5, 0.6) is 0 Å². The number of anilines is 2. The number of thioether (sulfide) groups is 1. The lowest BCUT2D eigenvalue weighted by molar-refractivity contribution is 0.108. The molecule has 0 aliphatic heterocycles. The Morgan fingerprint density at radius 3 is 2.61 bits per heavy atom. The molecule has 2 saturated carbocycles. The Morgan fingerprint density at radius 2 is 1.98 bits per heavy atom. The highest BCUT2D eigenvalue weighted by Gasteiger charge is 2.32. The summed E-state index contributed by atoms with van der Waals surface area (Å²) in [6, 6.07) is 5.60. The van der Waals surface area contributed by atoms with Crippen molar-refractivity contribution in [1.29, 1.82) is 0 Å². The molecule has 1 unspecified atom stereocenters. The van der Waals surface area contributed by atoms with Crippen LogP contribution in [0.3, 0.4) is 0 Å². The van der Waals surface area contributed by atoms with Crippen molar-refractivity contribution in [3.8, 4) is 0 Å². The highest BCUT2D eigenvalue weighted by Crippen LogP contribution is 2.45. The van der Waals surface area contributed by atoms with Gasteiger partial charge in [0.15, 0.2) is 5.82 Å². The van der Waals surface area contributed by atoms with E-state index in [0.29, 0.717) is 29.1 Å². The molecule has 0 amide bonds. The van der Waals surface area contributed by atoms with Gasteiger partial charge in [-0.1, -0.05) is 6.58 Å². The molecule has 2 aliphatic carbocycles. The molecule has 0 radical (unpaired) electrons. The topological polar surface area (TPSA) is 94.4 Å². The second-order valence-electron chi connectivity index (χ2n) is 11.0. The fourth-order valence-electron chi connectivity index (χ4n) is 5.29. The van der Waals surface area contributed by atoms with Gasteiger partial charge in [-0.2, -0.15) is 10.2 Å². The number of rotatable bonds is 9. The van der Waals surface area contributed by atoms with Gasteiger partial charge in [0.1, 0.15) is 17.5 Å². The molecule has 0 spiro atoms. The van der Waals surface area contributed by atoms with E-state index >= 15 is 4.39 Å². The molecule has 0 bridgehead atoms. The zero-order chi connectivity index (χ0) is 29.3.